The third-order valence-electron chi connectivity index (χ3n) is 6.20. The number of fused-ring (bicyclic) bond motifs is 1. The molecule has 1 unspecified atom stereocenters. The normalized spacial score (nSPS) is 18.3. The molecule has 1 N–H and O–H groups in total. The van der Waals surface area contributed by atoms with Crippen LogP contribution in [0.25, 0.3) is 10.8 Å². The lowest BCUT2D eigenvalue weighted by molar-refractivity contribution is -0.137. The van der Waals surface area contributed by atoms with Crippen molar-refractivity contribution in [2.45, 2.75) is 6.42 Å². The molecule has 1 aromatic heterocycles. The molecule has 0 bridgehead atoms. The Morgan fingerprint density at radius 2 is 1.79 bits per heavy atom. The Kier molecular flexibility index (Phi) is 5.97. The van der Waals surface area contributed by atoms with Crippen LogP contribution in [0.1, 0.15) is 16.8 Å². The first-order chi connectivity index (χ1) is 16.5. The number of ether oxygens (including phenoxy) is 2. The monoisotopic (exact) mass is 466 g/mol. The summed E-state index contributed by atoms with van der Waals surface area (Å²) < 4.78 is 25.7. The second kappa shape index (κ2) is 9.22. The fourth-order valence-corrected chi connectivity index (χ4v) is 4.30. The number of aromatic amines is 1. The summed E-state index contributed by atoms with van der Waals surface area (Å²) in [5.41, 5.74) is -0.480. The Labute approximate surface area is 194 Å². The summed E-state index contributed by atoms with van der Waals surface area (Å²) in [7, 11) is 0. The van der Waals surface area contributed by atoms with E-state index in [9.17, 15) is 18.8 Å². The lowest BCUT2D eigenvalue weighted by atomic mass is 10.1. The molecule has 1 atom stereocenters. The molecule has 2 fully saturated rings. The van der Waals surface area contributed by atoms with Gasteiger partial charge in [0.05, 0.1) is 28.9 Å². The Hall–Kier alpha value is -3.79. The van der Waals surface area contributed by atoms with Gasteiger partial charge in [0.1, 0.15) is 11.6 Å². The molecule has 5 rings (SSSR count). The Balaban J connectivity index is 1.31. The van der Waals surface area contributed by atoms with E-state index in [4.69, 9.17) is 9.47 Å². The van der Waals surface area contributed by atoms with E-state index in [1.807, 2.05) is 0 Å². The Morgan fingerprint density at radius 1 is 1.06 bits per heavy atom. The van der Waals surface area contributed by atoms with Crippen molar-refractivity contribution in [1.29, 1.82) is 0 Å². The quantitative estimate of drug-likeness (QED) is 0.632. The van der Waals surface area contributed by atoms with Gasteiger partial charge in [-0.25, -0.2) is 9.49 Å². The predicted octanol–water partition coefficient (Wildman–Crippen LogP) is 2.18. The maximum atomic E-state index is 14.6. The molecule has 3 heterocycles. The van der Waals surface area contributed by atoms with Gasteiger partial charge < -0.3 is 19.3 Å². The molecule has 2 aliphatic heterocycles. The molecular weight excluding hydrogens is 443 g/mol. The molecule has 0 spiro atoms. The maximum absolute atomic E-state index is 14.6. The number of amides is 2. The van der Waals surface area contributed by atoms with Crippen molar-refractivity contribution < 1.29 is 23.5 Å². The van der Waals surface area contributed by atoms with Gasteiger partial charge in [-0.05, 0) is 36.8 Å². The van der Waals surface area contributed by atoms with E-state index in [0.717, 1.165) is 12.5 Å². The second-order valence-electron chi connectivity index (χ2n) is 8.33. The second-order valence-corrected chi connectivity index (χ2v) is 8.33. The van der Waals surface area contributed by atoms with Crippen molar-refractivity contribution in [2.24, 2.45) is 5.92 Å². The molecule has 9 nitrogen and oxygen atoms in total. The summed E-state index contributed by atoms with van der Waals surface area (Å²) in [5.74, 6) is -0.859. The van der Waals surface area contributed by atoms with Gasteiger partial charge in [0.2, 0.25) is 11.8 Å². The van der Waals surface area contributed by atoms with E-state index < -0.39 is 11.7 Å². The van der Waals surface area contributed by atoms with Crippen molar-refractivity contribution in [3.63, 3.8) is 0 Å². The molecule has 3 aromatic rings. The highest BCUT2D eigenvalue weighted by molar-refractivity contribution is 5.95. The highest BCUT2D eigenvalue weighted by Gasteiger charge is 2.32. The van der Waals surface area contributed by atoms with Gasteiger partial charge >= 0.3 is 0 Å². The predicted molar refractivity (Wildman–Crippen MR) is 120 cm³/mol. The lowest BCUT2D eigenvalue weighted by Gasteiger charge is -2.35. The number of rotatable bonds is 4. The zero-order valence-electron chi connectivity index (χ0n) is 18.3. The molecule has 2 saturated heterocycles. The van der Waals surface area contributed by atoms with Gasteiger partial charge in [0.15, 0.2) is 0 Å². The molecule has 0 saturated carbocycles. The lowest BCUT2D eigenvalue weighted by Crippen LogP contribution is -2.52. The van der Waals surface area contributed by atoms with Crippen LogP contribution in [0.3, 0.4) is 0 Å². The molecule has 0 radical (unpaired) electrons. The molecule has 34 heavy (non-hydrogen) atoms. The van der Waals surface area contributed by atoms with Crippen molar-refractivity contribution in [1.82, 2.24) is 20.0 Å². The third kappa shape index (κ3) is 4.24. The maximum Gasteiger partial charge on any atom is 0.272 e. The van der Waals surface area contributed by atoms with Gasteiger partial charge in [0, 0.05) is 32.8 Å². The number of nitrogens with zero attached hydrogens (tertiary/aromatic N) is 3. The summed E-state index contributed by atoms with van der Waals surface area (Å²) in [6, 6.07) is 10.7. The largest absolute Gasteiger partial charge is 0.437 e. The first-order valence-corrected chi connectivity index (χ1v) is 11.1. The van der Waals surface area contributed by atoms with Gasteiger partial charge in [0.25, 0.3) is 11.5 Å². The van der Waals surface area contributed by atoms with Crippen LogP contribution in [-0.4, -0.2) is 71.2 Å². The van der Waals surface area contributed by atoms with Gasteiger partial charge in [-0.2, -0.15) is 0 Å². The molecule has 2 amide bonds. The number of carbonyl (C=O) groups excluding carboxylic acids is 2. The number of carbonyl (C=O) groups is 2. The van der Waals surface area contributed by atoms with Crippen LogP contribution in [-0.2, 0) is 9.53 Å². The molecule has 0 aliphatic carbocycles. The van der Waals surface area contributed by atoms with E-state index in [2.05, 4.69) is 10.2 Å². The first kappa shape index (κ1) is 22.0. The van der Waals surface area contributed by atoms with Crippen molar-refractivity contribution >= 4 is 22.6 Å². The van der Waals surface area contributed by atoms with Crippen LogP contribution in [0.5, 0.6) is 11.6 Å². The summed E-state index contributed by atoms with van der Waals surface area (Å²) in [6.07, 6.45) is 0.718. The summed E-state index contributed by atoms with van der Waals surface area (Å²) in [4.78, 5) is 40.9. The summed E-state index contributed by atoms with van der Waals surface area (Å²) in [5, 5.41) is 7.23. The molecular formula is C24H23FN4O5. The van der Waals surface area contributed by atoms with Crippen LogP contribution < -0.4 is 10.3 Å². The van der Waals surface area contributed by atoms with Crippen LogP contribution in [0.15, 0.2) is 47.3 Å². The Morgan fingerprint density at radius 3 is 2.53 bits per heavy atom. The SMILES string of the molecule is O=C(c1cc(Oc2n[nH]c(=O)c3ccccc23)ccc1F)N1CCN(C(=O)C2CCOC2)CC1. The number of aromatic nitrogens is 2. The highest BCUT2D eigenvalue weighted by Crippen LogP contribution is 2.27. The fraction of sp³-hybridized carbons (Fsp3) is 0.333. The first-order valence-electron chi connectivity index (χ1n) is 11.1. The third-order valence-corrected chi connectivity index (χ3v) is 6.20. The number of piperazine rings is 1. The van der Waals surface area contributed by atoms with Crippen LogP contribution in [0, 0.1) is 11.7 Å². The molecule has 10 heteroatoms. The van der Waals surface area contributed by atoms with Crippen molar-refractivity contribution in [3.05, 3.63) is 64.2 Å². The molecule has 2 aromatic carbocycles. The average Bonchev–Trinajstić information content (AvgIpc) is 3.41. The fourth-order valence-electron chi connectivity index (χ4n) is 4.30. The summed E-state index contributed by atoms with van der Waals surface area (Å²) >= 11 is 0. The van der Waals surface area contributed by atoms with Gasteiger partial charge in [-0.3, -0.25) is 14.4 Å². The van der Waals surface area contributed by atoms with E-state index >= 15 is 0 Å². The van der Waals surface area contributed by atoms with Crippen LogP contribution >= 0.6 is 0 Å². The molecule has 2 aliphatic rings. The summed E-state index contributed by atoms with van der Waals surface area (Å²) in [6.45, 7) is 2.45. The molecule has 176 valence electrons. The number of hydrogen-bond donors (Lipinski definition) is 1. The van der Waals surface area contributed by atoms with Crippen LogP contribution in [0.2, 0.25) is 0 Å². The smallest absolute Gasteiger partial charge is 0.272 e. The van der Waals surface area contributed by atoms with Gasteiger partial charge in [-0.1, -0.05) is 12.1 Å². The minimum Gasteiger partial charge on any atom is -0.437 e. The number of hydrogen-bond acceptors (Lipinski definition) is 6. The minimum atomic E-state index is -0.668. The topological polar surface area (TPSA) is 105 Å². The highest BCUT2D eigenvalue weighted by atomic mass is 19.1. The minimum absolute atomic E-state index is 0.0480. The van der Waals surface area contributed by atoms with E-state index in [0.29, 0.717) is 50.2 Å². The zero-order valence-corrected chi connectivity index (χ0v) is 18.3. The van der Waals surface area contributed by atoms with Gasteiger partial charge in [-0.15, -0.1) is 5.10 Å². The van der Waals surface area contributed by atoms with E-state index in [1.54, 1.807) is 29.2 Å². The number of nitrogens with one attached hydrogen (secondary N) is 1. The van der Waals surface area contributed by atoms with Crippen LogP contribution in [0.4, 0.5) is 4.39 Å². The number of halogens is 1. The Bertz CT molecular complexity index is 1300. The number of benzene rings is 2. The number of H-pyrrole nitrogens is 1. The standard InChI is InChI=1S/C24H23FN4O5/c25-20-6-5-16(34-22-18-4-2-1-3-17(18)21(30)26-27-22)13-19(20)24(32)29-10-8-28(9-11-29)23(31)15-7-12-33-14-15/h1-6,13,15H,7-12,14H2,(H,26,30). The van der Waals surface area contributed by atoms with Crippen molar-refractivity contribution in [3.8, 4) is 11.6 Å². The zero-order chi connectivity index (χ0) is 23.7. The van der Waals surface area contributed by atoms with Crippen molar-refractivity contribution in [2.75, 3.05) is 39.4 Å². The van der Waals surface area contributed by atoms with E-state index in [-0.39, 0.29) is 34.6 Å². The average molecular weight is 466 g/mol. The van der Waals surface area contributed by atoms with E-state index in [1.165, 1.54) is 17.0 Å².